The van der Waals surface area contributed by atoms with Crippen molar-refractivity contribution in [2.75, 3.05) is 19.1 Å². The number of anilines is 1. The van der Waals surface area contributed by atoms with Gasteiger partial charge in [0.25, 0.3) is 0 Å². The molecule has 24 heavy (non-hydrogen) atoms. The van der Waals surface area contributed by atoms with Crippen molar-refractivity contribution < 1.29 is 9.47 Å². The molecule has 0 aliphatic heterocycles. The van der Waals surface area contributed by atoms with Crippen molar-refractivity contribution >= 4 is 23.5 Å². The zero-order chi connectivity index (χ0) is 17.2. The summed E-state index contributed by atoms with van der Waals surface area (Å²) < 4.78 is 10.8. The molecule has 0 aliphatic carbocycles. The Morgan fingerprint density at radius 1 is 1.12 bits per heavy atom. The Balaban J connectivity index is 1.84. The molecule has 0 fully saturated rings. The number of hydrazone groups is 1. The number of benzene rings is 2. The van der Waals surface area contributed by atoms with Gasteiger partial charge in [0.1, 0.15) is 11.5 Å². The highest BCUT2D eigenvalue weighted by molar-refractivity contribution is 6.32. The van der Waals surface area contributed by atoms with Gasteiger partial charge in [-0.3, -0.25) is 5.43 Å². The Kier molecular flexibility index (Phi) is 7.43. The summed E-state index contributed by atoms with van der Waals surface area (Å²) in [5, 5.41) is 4.75. The average molecular weight is 347 g/mol. The van der Waals surface area contributed by atoms with Crippen molar-refractivity contribution in [1.29, 1.82) is 0 Å². The molecule has 0 heterocycles. The third-order valence-electron chi connectivity index (χ3n) is 3.46. The zero-order valence-corrected chi connectivity index (χ0v) is 14.8. The van der Waals surface area contributed by atoms with E-state index in [4.69, 9.17) is 21.1 Å². The van der Waals surface area contributed by atoms with Crippen LogP contribution in [0.5, 0.6) is 11.5 Å². The number of nitrogens with one attached hydrogen (secondary N) is 1. The van der Waals surface area contributed by atoms with Crippen LogP contribution in [0, 0.1) is 0 Å². The molecule has 2 aromatic carbocycles. The molecule has 1 N–H and O–H groups in total. The minimum absolute atomic E-state index is 0.544. The predicted octanol–water partition coefficient (Wildman–Crippen LogP) is 5.36. The van der Waals surface area contributed by atoms with Crippen LogP contribution in [0.25, 0.3) is 0 Å². The van der Waals surface area contributed by atoms with Crippen molar-refractivity contribution in [3.05, 3.63) is 53.1 Å². The molecular weight excluding hydrogens is 324 g/mol. The van der Waals surface area contributed by atoms with Crippen LogP contribution >= 0.6 is 11.6 Å². The van der Waals surface area contributed by atoms with Crippen molar-refractivity contribution in [3.63, 3.8) is 0 Å². The molecule has 0 amide bonds. The molecular formula is C19H23ClN2O2. The number of hydrogen-bond acceptors (Lipinski definition) is 4. The smallest absolute Gasteiger partial charge is 0.137 e. The fourth-order valence-electron chi connectivity index (χ4n) is 2.11. The Morgan fingerprint density at radius 2 is 1.92 bits per heavy atom. The maximum Gasteiger partial charge on any atom is 0.137 e. The second-order valence-electron chi connectivity index (χ2n) is 5.34. The van der Waals surface area contributed by atoms with Gasteiger partial charge in [-0.15, -0.1) is 0 Å². The molecule has 0 radical (unpaired) electrons. The van der Waals surface area contributed by atoms with Crippen LogP contribution in [0.4, 0.5) is 5.69 Å². The van der Waals surface area contributed by atoms with E-state index in [2.05, 4.69) is 17.5 Å². The van der Waals surface area contributed by atoms with Crippen LogP contribution in [0.15, 0.2) is 47.6 Å². The van der Waals surface area contributed by atoms with Gasteiger partial charge < -0.3 is 9.47 Å². The Hall–Kier alpha value is -2.20. The van der Waals surface area contributed by atoms with Crippen molar-refractivity contribution in [3.8, 4) is 11.5 Å². The van der Waals surface area contributed by atoms with E-state index < -0.39 is 0 Å². The number of unbranched alkanes of at least 4 members (excludes halogenated alkanes) is 2. The van der Waals surface area contributed by atoms with Crippen LogP contribution in [0.2, 0.25) is 5.02 Å². The highest BCUT2D eigenvalue weighted by Gasteiger charge is 2.00. The predicted molar refractivity (Wildman–Crippen MR) is 101 cm³/mol. The summed E-state index contributed by atoms with van der Waals surface area (Å²) in [6.07, 6.45) is 5.24. The average Bonchev–Trinajstić information content (AvgIpc) is 2.60. The third kappa shape index (κ3) is 5.78. The minimum Gasteiger partial charge on any atom is -0.495 e. The number of hydrogen-bond donors (Lipinski definition) is 1. The highest BCUT2D eigenvalue weighted by Crippen LogP contribution is 2.27. The molecule has 0 aliphatic rings. The first-order chi connectivity index (χ1) is 11.7. The quantitative estimate of drug-likeness (QED) is 0.377. The van der Waals surface area contributed by atoms with Gasteiger partial charge in [0.05, 0.1) is 30.6 Å². The zero-order valence-electron chi connectivity index (χ0n) is 14.1. The summed E-state index contributed by atoms with van der Waals surface area (Å²) in [4.78, 5) is 0. The summed E-state index contributed by atoms with van der Waals surface area (Å²) in [6, 6.07) is 13.3. The Labute approximate surface area is 148 Å². The molecule has 5 heteroatoms. The molecule has 0 saturated heterocycles. The first kappa shape index (κ1) is 18.1. The normalized spacial score (nSPS) is 10.8. The van der Waals surface area contributed by atoms with E-state index in [0.717, 1.165) is 30.0 Å². The van der Waals surface area contributed by atoms with Crippen LogP contribution in [-0.2, 0) is 0 Å². The van der Waals surface area contributed by atoms with Gasteiger partial charge in [-0.25, -0.2) is 0 Å². The summed E-state index contributed by atoms with van der Waals surface area (Å²) >= 11 is 6.07. The van der Waals surface area contributed by atoms with Crippen LogP contribution in [0.1, 0.15) is 31.7 Å². The molecule has 0 bridgehead atoms. The fraction of sp³-hybridized carbons (Fsp3) is 0.316. The standard InChI is InChI=1S/C19H23ClN2O2/c1-3-4-5-12-24-17-9-6-15(7-10-17)14-21-22-16-8-11-19(23-2)18(20)13-16/h6-11,13-14,22H,3-5,12H2,1-2H3/b21-14+. The van der Waals surface area contributed by atoms with Crippen LogP contribution < -0.4 is 14.9 Å². The first-order valence-corrected chi connectivity index (χ1v) is 8.46. The van der Waals surface area contributed by atoms with E-state index in [9.17, 15) is 0 Å². The lowest BCUT2D eigenvalue weighted by Crippen LogP contribution is -1.97. The highest BCUT2D eigenvalue weighted by atomic mass is 35.5. The molecule has 128 valence electrons. The van der Waals surface area contributed by atoms with Gasteiger partial charge in [0, 0.05) is 0 Å². The maximum absolute atomic E-state index is 6.07. The second kappa shape index (κ2) is 9.83. The largest absolute Gasteiger partial charge is 0.495 e. The van der Waals surface area contributed by atoms with Crippen molar-refractivity contribution in [1.82, 2.24) is 0 Å². The SMILES string of the molecule is CCCCCOc1ccc(/C=N/Nc2ccc(OC)c(Cl)c2)cc1. The number of ether oxygens (including phenoxy) is 2. The van der Waals surface area contributed by atoms with E-state index in [1.165, 1.54) is 12.8 Å². The lowest BCUT2D eigenvalue weighted by molar-refractivity contribution is 0.306. The molecule has 0 atom stereocenters. The molecule has 2 aromatic rings. The first-order valence-electron chi connectivity index (χ1n) is 8.08. The van der Waals surface area contributed by atoms with Crippen molar-refractivity contribution in [2.45, 2.75) is 26.2 Å². The van der Waals surface area contributed by atoms with Crippen LogP contribution in [0.3, 0.4) is 0 Å². The maximum atomic E-state index is 6.07. The van der Waals surface area contributed by atoms with E-state index in [-0.39, 0.29) is 0 Å². The van der Waals surface area contributed by atoms with Crippen molar-refractivity contribution in [2.24, 2.45) is 5.10 Å². The van der Waals surface area contributed by atoms with Gasteiger partial charge in [-0.1, -0.05) is 31.4 Å². The topological polar surface area (TPSA) is 42.8 Å². The van der Waals surface area contributed by atoms with Gasteiger partial charge in [0.15, 0.2) is 0 Å². The molecule has 0 unspecified atom stereocenters. The Morgan fingerprint density at radius 3 is 2.58 bits per heavy atom. The van der Waals surface area contributed by atoms with Gasteiger partial charge in [-0.2, -0.15) is 5.10 Å². The summed E-state index contributed by atoms with van der Waals surface area (Å²) in [7, 11) is 1.59. The summed E-state index contributed by atoms with van der Waals surface area (Å²) in [5.74, 6) is 1.53. The lowest BCUT2D eigenvalue weighted by atomic mass is 10.2. The molecule has 2 rings (SSSR count). The number of halogens is 1. The monoisotopic (exact) mass is 346 g/mol. The number of nitrogens with zero attached hydrogens (tertiary/aromatic N) is 1. The fourth-order valence-corrected chi connectivity index (χ4v) is 2.37. The minimum atomic E-state index is 0.544. The molecule has 0 saturated carbocycles. The second-order valence-corrected chi connectivity index (χ2v) is 5.75. The lowest BCUT2D eigenvalue weighted by Gasteiger charge is -2.06. The van der Waals surface area contributed by atoms with Gasteiger partial charge >= 0.3 is 0 Å². The molecule has 4 nitrogen and oxygen atoms in total. The van der Waals surface area contributed by atoms with Gasteiger partial charge in [-0.05, 0) is 54.4 Å². The van der Waals surface area contributed by atoms with E-state index in [1.807, 2.05) is 30.3 Å². The Bertz CT molecular complexity index is 657. The number of rotatable bonds is 9. The van der Waals surface area contributed by atoms with Gasteiger partial charge in [0.2, 0.25) is 0 Å². The summed E-state index contributed by atoms with van der Waals surface area (Å²) in [6.45, 7) is 2.95. The third-order valence-corrected chi connectivity index (χ3v) is 3.75. The molecule has 0 aromatic heterocycles. The molecule has 0 spiro atoms. The summed E-state index contributed by atoms with van der Waals surface area (Å²) in [5.41, 5.74) is 4.73. The van der Waals surface area contributed by atoms with Crippen LogP contribution in [-0.4, -0.2) is 19.9 Å². The number of methoxy groups -OCH3 is 1. The van der Waals surface area contributed by atoms with E-state index in [0.29, 0.717) is 10.8 Å². The van der Waals surface area contributed by atoms with E-state index in [1.54, 1.807) is 25.5 Å². The van der Waals surface area contributed by atoms with E-state index >= 15 is 0 Å².